The Morgan fingerprint density at radius 1 is 1.52 bits per heavy atom. The molecule has 1 heterocycles. The number of esters is 1. The molecule has 1 aliphatic heterocycles. The summed E-state index contributed by atoms with van der Waals surface area (Å²) < 4.78 is 11.0. The fraction of sp³-hybridized carbons (Fsp3) is 0.357. The minimum Gasteiger partial charge on any atom is -0.463 e. The summed E-state index contributed by atoms with van der Waals surface area (Å²) in [4.78, 5) is 22.8. The van der Waals surface area contributed by atoms with Crippen LogP contribution in [0.4, 0.5) is 0 Å². The zero-order valence-corrected chi connectivity index (χ0v) is 13.1. The molecular formula is C14H14BrNO5. The van der Waals surface area contributed by atoms with Crippen LogP contribution in [-0.4, -0.2) is 23.7 Å². The van der Waals surface area contributed by atoms with Crippen molar-refractivity contribution in [2.24, 2.45) is 0 Å². The van der Waals surface area contributed by atoms with Gasteiger partial charge in [0.15, 0.2) is 0 Å². The number of benzene rings is 1. The highest BCUT2D eigenvalue weighted by molar-refractivity contribution is 9.10. The van der Waals surface area contributed by atoms with E-state index < -0.39 is 23.0 Å². The number of ether oxygens (including phenoxy) is 2. The van der Waals surface area contributed by atoms with Crippen LogP contribution in [0.5, 0.6) is 0 Å². The van der Waals surface area contributed by atoms with Crippen molar-refractivity contribution in [3.8, 4) is 0 Å². The third kappa shape index (κ3) is 3.07. The van der Waals surface area contributed by atoms with E-state index in [2.05, 4.69) is 15.9 Å². The van der Waals surface area contributed by atoms with Gasteiger partial charge in [-0.15, -0.1) is 0 Å². The first kappa shape index (κ1) is 15.5. The molecule has 0 saturated carbocycles. The van der Waals surface area contributed by atoms with Crippen molar-refractivity contribution in [2.45, 2.75) is 26.0 Å². The molecule has 1 aromatic carbocycles. The van der Waals surface area contributed by atoms with E-state index in [1.165, 1.54) is 0 Å². The Hall–Kier alpha value is -1.89. The molecule has 0 aliphatic carbocycles. The van der Waals surface area contributed by atoms with E-state index in [1.807, 2.05) is 0 Å². The maximum absolute atomic E-state index is 12.1. The molecule has 7 heteroatoms. The van der Waals surface area contributed by atoms with E-state index in [0.717, 1.165) is 4.47 Å². The van der Waals surface area contributed by atoms with Gasteiger partial charge in [0.2, 0.25) is 0 Å². The van der Waals surface area contributed by atoms with E-state index in [4.69, 9.17) is 9.47 Å². The van der Waals surface area contributed by atoms with Gasteiger partial charge in [0.25, 0.3) is 0 Å². The summed E-state index contributed by atoms with van der Waals surface area (Å²) in [5.41, 5.74) is 0.836. The molecule has 1 aromatic rings. The molecule has 0 N–H and O–H groups in total. The van der Waals surface area contributed by atoms with E-state index in [9.17, 15) is 14.9 Å². The first-order chi connectivity index (χ1) is 9.95. The Labute approximate surface area is 130 Å². The summed E-state index contributed by atoms with van der Waals surface area (Å²) in [5, 5.41) is 11.2. The fourth-order valence-electron chi connectivity index (χ4n) is 2.35. The third-order valence-electron chi connectivity index (χ3n) is 3.18. The lowest BCUT2D eigenvalue weighted by molar-refractivity contribution is -0.570. The lowest BCUT2D eigenvalue weighted by atomic mass is 9.90. The van der Waals surface area contributed by atoms with Gasteiger partial charge in [-0.05, 0) is 31.5 Å². The number of nitro groups is 1. The molecule has 0 saturated heterocycles. The quantitative estimate of drug-likeness (QED) is 0.471. The molecule has 0 radical (unpaired) electrons. The van der Waals surface area contributed by atoms with E-state index in [0.29, 0.717) is 5.56 Å². The topological polar surface area (TPSA) is 78.7 Å². The van der Waals surface area contributed by atoms with Gasteiger partial charge in [0.05, 0.1) is 17.1 Å². The minimum absolute atomic E-state index is 0.198. The molecule has 2 atom stereocenters. The molecule has 0 aromatic heterocycles. The van der Waals surface area contributed by atoms with E-state index in [-0.39, 0.29) is 17.9 Å². The maximum Gasteiger partial charge on any atom is 0.364 e. The number of hydrogen-bond acceptors (Lipinski definition) is 5. The standard InChI is InChI=1S/C14H14BrNO5/c1-3-20-14(17)11-8(2)21-13(16(18)19)12(11)9-5-4-6-10(15)7-9/h4-7,12-13H,3H2,1-2H3/t12-,13-/m1/s1. The van der Waals surface area contributed by atoms with Gasteiger partial charge >= 0.3 is 12.2 Å². The van der Waals surface area contributed by atoms with Crippen molar-refractivity contribution in [3.63, 3.8) is 0 Å². The van der Waals surface area contributed by atoms with Crippen molar-refractivity contribution >= 4 is 21.9 Å². The van der Waals surface area contributed by atoms with Crippen molar-refractivity contribution < 1.29 is 19.2 Å². The molecule has 6 nitrogen and oxygen atoms in total. The van der Waals surface area contributed by atoms with Crippen molar-refractivity contribution in [1.29, 1.82) is 0 Å². The predicted octanol–water partition coefficient (Wildman–Crippen LogP) is 3.00. The Bertz CT molecular complexity index is 613. The highest BCUT2D eigenvalue weighted by Crippen LogP contribution is 2.40. The molecule has 0 unspecified atom stereocenters. The summed E-state index contributed by atoms with van der Waals surface area (Å²) in [5.74, 6) is -1.12. The SMILES string of the molecule is CCOC(=O)C1=C(C)O[C@@H]([N+](=O)[O-])[C@@H]1c1cccc(Br)c1. The maximum atomic E-state index is 12.1. The summed E-state index contributed by atoms with van der Waals surface area (Å²) in [6.45, 7) is 3.42. The lowest BCUT2D eigenvalue weighted by Gasteiger charge is -2.15. The number of carbonyl (C=O) groups is 1. The fourth-order valence-corrected chi connectivity index (χ4v) is 2.77. The summed E-state index contributed by atoms with van der Waals surface area (Å²) in [6.07, 6.45) is -1.32. The number of nitrogens with zero attached hydrogens (tertiary/aromatic N) is 1. The van der Waals surface area contributed by atoms with E-state index in [1.54, 1.807) is 38.1 Å². The largest absolute Gasteiger partial charge is 0.463 e. The zero-order chi connectivity index (χ0) is 15.6. The van der Waals surface area contributed by atoms with Gasteiger partial charge in [-0.3, -0.25) is 10.1 Å². The van der Waals surface area contributed by atoms with Crippen LogP contribution >= 0.6 is 15.9 Å². The molecule has 0 spiro atoms. The van der Waals surface area contributed by atoms with Crippen molar-refractivity contribution in [1.82, 2.24) is 0 Å². The van der Waals surface area contributed by atoms with Gasteiger partial charge < -0.3 is 9.47 Å². The molecule has 2 rings (SSSR count). The lowest BCUT2D eigenvalue weighted by Crippen LogP contribution is -2.28. The first-order valence-corrected chi connectivity index (χ1v) is 7.18. The summed E-state index contributed by atoms with van der Waals surface area (Å²) >= 11 is 3.33. The van der Waals surface area contributed by atoms with Crippen LogP contribution in [-0.2, 0) is 14.3 Å². The first-order valence-electron chi connectivity index (χ1n) is 6.39. The average Bonchev–Trinajstić information content (AvgIpc) is 2.77. The van der Waals surface area contributed by atoms with Crippen LogP contribution in [0.25, 0.3) is 0 Å². The Balaban J connectivity index is 2.48. The van der Waals surface area contributed by atoms with Crippen LogP contribution in [0.3, 0.4) is 0 Å². The molecule has 0 fully saturated rings. The molecule has 1 aliphatic rings. The highest BCUT2D eigenvalue weighted by Gasteiger charge is 2.47. The van der Waals surface area contributed by atoms with Crippen molar-refractivity contribution in [2.75, 3.05) is 6.61 Å². The summed E-state index contributed by atoms with van der Waals surface area (Å²) in [6, 6.07) is 7.03. The Morgan fingerprint density at radius 2 is 2.24 bits per heavy atom. The second-order valence-electron chi connectivity index (χ2n) is 4.52. The number of allylic oxidation sites excluding steroid dienone is 1. The smallest absolute Gasteiger partial charge is 0.364 e. The second kappa shape index (κ2) is 6.26. The van der Waals surface area contributed by atoms with Crippen LogP contribution in [0.2, 0.25) is 0 Å². The van der Waals surface area contributed by atoms with Crippen LogP contribution in [0.1, 0.15) is 25.3 Å². The normalized spacial score (nSPS) is 21.1. The van der Waals surface area contributed by atoms with Crippen LogP contribution in [0.15, 0.2) is 40.1 Å². The molecule has 21 heavy (non-hydrogen) atoms. The Kier molecular flexibility index (Phi) is 4.62. The molecule has 112 valence electrons. The Morgan fingerprint density at radius 3 is 2.81 bits per heavy atom. The summed E-state index contributed by atoms with van der Waals surface area (Å²) in [7, 11) is 0. The van der Waals surface area contributed by atoms with Crippen LogP contribution in [0, 0.1) is 10.1 Å². The number of hydrogen-bond donors (Lipinski definition) is 0. The predicted molar refractivity (Wildman–Crippen MR) is 78.1 cm³/mol. The zero-order valence-electron chi connectivity index (χ0n) is 11.5. The third-order valence-corrected chi connectivity index (χ3v) is 3.68. The van der Waals surface area contributed by atoms with E-state index >= 15 is 0 Å². The van der Waals surface area contributed by atoms with Crippen molar-refractivity contribution in [3.05, 3.63) is 55.7 Å². The second-order valence-corrected chi connectivity index (χ2v) is 5.43. The van der Waals surface area contributed by atoms with Gasteiger partial charge in [0.1, 0.15) is 11.7 Å². The highest BCUT2D eigenvalue weighted by atomic mass is 79.9. The molecular weight excluding hydrogens is 342 g/mol. The van der Waals surface area contributed by atoms with Crippen LogP contribution < -0.4 is 0 Å². The van der Waals surface area contributed by atoms with Gasteiger partial charge in [-0.1, -0.05) is 28.1 Å². The number of halogens is 1. The van der Waals surface area contributed by atoms with Gasteiger partial charge in [-0.25, -0.2) is 4.79 Å². The number of carbonyl (C=O) groups excluding carboxylic acids is 1. The molecule has 0 amide bonds. The number of rotatable bonds is 4. The average molecular weight is 356 g/mol. The minimum atomic E-state index is -1.32. The molecule has 0 bridgehead atoms. The van der Waals surface area contributed by atoms with Gasteiger partial charge in [0, 0.05) is 4.47 Å². The monoisotopic (exact) mass is 355 g/mol. The van der Waals surface area contributed by atoms with Gasteiger partial charge in [-0.2, -0.15) is 0 Å².